The van der Waals surface area contributed by atoms with Crippen molar-refractivity contribution in [2.75, 3.05) is 0 Å². The second-order valence-electron chi connectivity index (χ2n) is 1.61. The van der Waals surface area contributed by atoms with Gasteiger partial charge in [0, 0.05) is 0 Å². The van der Waals surface area contributed by atoms with E-state index in [1.165, 1.54) is 0 Å². The maximum absolute atomic E-state index is 9.00. The summed E-state index contributed by atoms with van der Waals surface area (Å²) >= 11 is 0. The van der Waals surface area contributed by atoms with Crippen molar-refractivity contribution in [2.45, 2.75) is 0 Å². The van der Waals surface area contributed by atoms with Crippen LogP contribution in [0.2, 0.25) is 0 Å². The molecule has 0 aromatic rings. The van der Waals surface area contributed by atoms with E-state index in [4.69, 9.17) is 19.2 Å². The monoisotopic (exact) mass is 350 g/mol. The van der Waals surface area contributed by atoms with Crippen molar-refractivity contribution in [1.29, 1.82) is 0 Å². The molecule has 0 saturated heterocycles. The molecule has 0 aliphatic rings. The van der Waals surface area contributed by atoms with Crippen molar-refractivity contribution in [3.05, 3.63) is 0 Å². The topological polar surface area (TPSA) is 276 Å². The summed E-state index contributed by atoms with van der Waals surface area (Å²) in [6.07, 6.45) is 0. The second kappa shape index (κ2) is 36.0. The van der Waals surface area contributed by atoms with Gasteiger partial charge in [0.15, 0.2) is 0 Å². The summed E-state index contributed by atoms with van der Waals surface area (Å²) in [5.41, 5.74) is 34.0. The van der Waals surface area contributed by atoms with Gasteiger partial charge in [-0.25, -0.2) is 19.2 Å². The van der Waals surface area contributed by atoms with E-state index in [1.54, 1.807) is 0 Å². The number of carbonyl (C=O) groups is 4. The number of carbonyl (C=O) groups excluding carboxylic acids is 4. The van der Waals surface area contributed by atoms with Crippen LogP contribution in [-0.2, 0) is 0 Å². The summed E-state index contributed by atoms with van der Waals surface area (Å²) in [7, 11) is 0. The molecule has 0 bridgehead atoms. The summed E-state index contributed by atoms with van der Waals surface area (Å²) in [4.78, 5) is 36.0. The summed E-state index contributed by atoms with van der Waals surface area (Å²) in [6, 6.07) is -3.33. The quantitative estimate of drug-likeness (QED) is 0.197. The van der Waals surface area contributed by atoms with E-state index < -0.39 is 24.1 Å². The van der Waals surface area contributed by atoms with Gasteiger partial charge in [-0.2, -0.15) is 0 Å². The molecule has 19 heavy (non-hydrogen) atoms. The molecule has 0 unspecified atom stereocenters. The first-order valence-electron chi connectivity index (χ1n) is 3.13. The Bertz CT molecular complexity index is 179. The van der Waals surface area contributed by atoms with Crippen LogP contribution in [0.1, 0.15) is 0 Å². The van der Waals surface area contributed by atoms with Gasteiger partial charge in [-0.05, 0) is 0 Å². The van der Waals surface area contributed by atoms with Gasteiger partial charge in [0.1, 0.15) is 0 Å². The zero-order valence-electron chi connectivity index (χ0n) is 9.71. The van der Waals surface area contributed by atoms with Gasteiger partial charge in [0.2, 0.25) is 0 Å². The van der Waals surface area contributed by atoms with Crippen LogP contribution < -0.4 is 70.7 Å². The Morgan fingerprint density at radius 2 is 0.421 bits per heavy atom. The predicted octanol–water partition coefficient (Wildman–Crippen LogP) is -10.3. The fraction of sp³-hybridized carbons (Fsp3) is 0. The number of halogens is 2. The molecule has 15 heteroatoms. The maximum Gasteiger partial charge on any atom is 2.00 e. The number of primary amides is 8. The van der Waals surface area contributed by atoms with Crippen molar-refractivity contribution in [3.63, 3.8) is 0 Å². The van der Waals surface area contributed by atoms with Crippen molar-refractivity contribution >= 4 is 61.9 Å². The number of hydrogen-bond acceptors (Lipinski definition) is 4. The largest absolute Gasteiger partial charge is 2.00 e. The molecule has 0 aromatic heterocycles. The van der Waals surface area contributed by atoms with Crippen molar-refractivity contribution < 1.29 is 44.0 Å². The standard InChI is InChI=1S/4CH4N2O.Ca.2ClH/c4*2-1(3)4;;;/h4*(H4,2,3,4);;2*1H/q;;;;+2;;/p-2. The Hall–Kier alpha value is -1.08. The van der Waals surface area contributed by atoms with Crippen LogP contribution in [0.25, 0.3) is 0 Å². The van der Waals surface area contributed by atoms with E-state index in [9.17, 15) is 0 Å². The Balaban J connectivity index is -0.0000000192. The minimum atomic E-state index is -0.833. The first kappa shape index (κ1) is 43.0. The van der Waals surface area contributed by atoms with E-state index in [0.29, 0.717) is 0 Å². The van der Waals surface area contributed by atoms with Gasteiger partial charge >= 0.3 is 61.9 Å². The Labute approximate surface area is 151 Å². The molecular weight excluding hydrogens is 335 g/mol. The third kappa shape index (κ3) is 3230. The summed E-state index contributed by atoms with van der Waals surface area (Å²) in [6.45, 7) is 0. The SMILES string of the molecule is NC(N)=O.NC(N)=O.NC(N)=O.NC(N)=O.[Ca+2].[Cl-].[Cl-]. The zero-order chi connectivity index (χ0) is 14.3. The summed E-state index contributed by atoms with van der Waals surface area (Å²) < 4.78 is 0. The van der Waals surface area contributed by atoms with Crippen LogP contribution in [0.15, 0.2) is 0 Å². The van der Waals surface area contributed by atoms with Crippen LogP contribution in [0.4, 0.5) is 19.2 Å². The minimum absolute atomic E-state index is 0. The number of amides is 8. The molecule has 16 N–H and O–H groups in total. The Morgan fingerprint density at radius 3 is 0.421 bits per heavy atom. The van der Waals surface area contributed by atoms with Gasteiger partial charge in [0.05, 0.1) is 0 Å². The average Bonchev–Trinajstić information content (AvgIpc) is 1.76. The number of urea groups is 4. The van der Waals surface area contributed by atoms with E-state index in [-0.39, 0.29) is 62.6 Å². The molecule has 0 aromatic carbocycles. The zero-order valence-corrected chi connectivity index (χ0v) is 13.4. The van der Waals surface area contributed by atoms with Gasteiger partial charge < -0.3 is 70.7 Å². The molecule has 0 saturated carbocycles. The van der Waals surface area contributed by atoms with Gasteiger partial charge in [-0.15, -0.1) is 0 Å². The molecule has 0 fully saturated rings. The molecule has 12 nitrogen and oxygen atoms in total. The molecule has 0 rings (SSSR count). The van der Waals surface area contributed by atoms with Crippen LogP contribution in [-0.4, -0.2) is 61.9 Å². The molecule has 0 aliphatic carbocycles. The predicted molar refractivity (Wildman–Crippen MR) is 60.8 cm³/mol. The maximum atomic E-state index is 9.00. The van der Waals surface area contributed by atoms with E-state index in [2.05, 4.69) is 45.9 Å². The number of rotatable bonds is 0. The average molecular weight is 351 g/mol. The fourth-order valence-corrected chi connectivity index (χ4v) is 0. The number of nitrogens with two attached hydrogens (primary N) is 8. The third-order valence-corrected chi connectivity index (χ3v) is 0. The third-order valence-electron chi connectivity index (χ3n) is 0. The van der Waals surface area contributed by atoms with Crippen molar-refractivity contribution in [3.8, 4) is 0 Å². The van der Waals surface area contributed by atoms with E-state index in [1.807, 2.05) is 0 Å². The van der Waals surface area contributed by atoms with Crippen LogP contribution in [0, 0.1) is 0 Å². The molecule has 0 heterocycles. The number of hydrogen-bond donors (Lipinski definition) is 8. The van der Waals surface area contributed by atoms with Crippen LogP contribution >= 0.6 is 0 Å². The Morgan fingerprint density at radius 1 is 0.421 bits per heavy atom. The molecule has 0 aliphatic heterocycles. The molecule has 0 atom stereocenters. The van der Waals surface area contributed by atoms with Crippen molar-refractivity contribution in [2.24, 2.45) is 45.9 Å². The second-order valence-corrected chi connectivity index (χ2v) is 1.61. The van der Waals surface area contributed by atoms with Gasteiger partial charge in [-0.3, -0.25) is 0 Å². The van der Waals surface area contributed by atoms with Gasteiger partial charge in [0.25, 0.3) is 0 Å². The molecular formula is C4H16CaCl2N8O4. The Kier molecular flexibility index (Phi) is 81.4. The van der Waals surface area contributed by atoms with Gasteiger partial charge in [-0.1, -0.05) is 0 Å². The van der Waals surface area contributed by atoms with E-state index >= 15 is 0 Å². The fourth-order valence-electron chi connectivity index (χ4n) is 0. The molecule has 0 radical (unpaired) electrons. The van der Waals surface area contributed by atoms with Crippen LogP contribution in [0.5, 0.6) is 0 Å². The summed E-state index contributed by atoms with van der Waals surface area (Å²) in [5, 5.41) is 0. The normalized spacial score (nSPS) is 5.05. The van der Waals surface area contributed by atoms with E-state index in [0.717, 1.165) is 0 Å². The van der Waals surface area contributed by atoms with Crippen LogP contribution in [0.3, 0.4) is 0 Å². The van der Waals surface area contributed by atoms with Crippen molar-refractivity contribution in [1.82, 2.24) is 0 Å². The molecule has 8 amide bonds. The molecule has 112 valence electrons. The molecule has 0 spiro atoms. The first-order chi connectivity index (χ1) is 6.93. The minimum Gasteiger partial charge on any atom is -1.00 e. The first-order valence-corrected chi connectivity index (χ1v) is 3.13. The summed E-state index contributed by atoms with van der Waals surface area (Å²) in [5.74, 6) is 0. The smallest absolute Gasteiger partial charge is 1.00 e.